The number of esters is 3. The fourth-order valence-electron chi connectivity index (χ4n) is 3.06. The Morgan fingerprint density at radius 1 is 0.906 bits per heavy atom. The average molecular weight is 461 g/mol. The Morgan fingerprint density at radius 3 is 1.97 bits per heavy atom. The molecule has 1 aliphatic heterocycles. The number of carbonyl (C=O) groups is 3. The predicted molar refractivity (Wildman–Crippen MR) is 115 cm³/mol. The molecule has 0 spiro atoms. The first-order chi connectivity index (χ1) is 15.0. The summed E-state index contributed by atoms with van der Waals surface area (Å²) < 4.78 is 21.7. The molecule has 32 heavy (non-hydrogen) atoms. The van der Waals surface area contributed by atoms with Gasteiger partial charge in [0.2, 0.25) is 6.29 Å². The summed E-state index contributed by atoms with van der Waals surface area (Å²) in [6, 6.07) is 0. The third-order valence-corrected chi connectivity index (χ3v) is 5.50. The van der Waals surface area contributed by atoms with Crippen LogP contribution in [0.25, 0.3) is 0 Å². The summed E-state index contributed by atoms with van der Waals surface area (Å²) in [4.78, 5) is 36.8. The Bertz CT molecular complexity index is 604. The van der Waals surface area contributed by atoms with Crippen molar-refractivity contribution in [2.24, 2.45) is 17.8 Å². The molecule has 1 heterocycles. The summed E-state index contributed by atoms with van der Waals surface area (Å²) >= 11 is 0. The van der Waals surface area contributed by atoms with E-state index in [1.165, 1.54) is 0 Å². The topological polar surface area (TPSA) is 129 Å². The van der Waals surface area contributed by atoms with Gasteiger partial charge in [0, 0.05) is 12.8 Å². The summed E-state index contributed by atoms with van der Waals surface area (Å²) in [7, 11) is 0. The lowest BCUT2D eigenvalue weighted by Crippen LogP contribution is -2.62. The molecule has 9 heteroatoms. The van der Waals surface area contributed by atoms with Gasteiger partial charge in [0.25, 0.3) is 0 Å². The molecular formula is C23H40O9. The maximum Gasteiger partial charge on any atom is 0.310 e. The maximum atomic E-state index is 12.4. The molecule has 0 aliphatic carbocycles. The molecular weight excluding hydrogens is 420 g/mol. The van der Waals surface area contributed by atoms with E-state index in [2.05, 4.69) is 0 Å². The predicted octanol–water partition coefficient (Wildman–Crippen LogP) is 2.35. The highest BCUT2D eigenvalue weighted by Gasteiger charge is 2.51. The van der Waals surface area contributed by atoms with E-state index < -0.39 is 61.1 Å². The van der Waals surface area contributed by atoms with Crippen LogP contribution in [0.5, 0.6) is 0 Å². The van der Waals surface area contributed by atoms with Gasteiger partial charge >= 0.3 is 17.9 Å². The van der Waals surface area contributed by atoms with E-state index >= 15 is 0 Å². The second kappa shape index (κ2) is 13.7. The van der Waals surface area contributed by atoms with Gasteiger partial charge in [-0.25, -0.2) is 0 Å². The minimum atomic E-state index is -1.59. The molecule has 0 aromatic rings. The van der Waals surface area contributed by atoms with Crippen molar-refractivity contribution in [1.29, 1.82) is 0 Å². The van der Waals surface area contributed by atoms with Gasteiger partial charge < -0.3 is 29.2 Å². The Labute approximate surface area is 190 Å². The molecule has 1 fully saturated rings. The molecule has 0 amide bonds. The summed E-state index contributed by atoms with van der Waals surface area (Å²) in [5, 5.41) is 20.6. The smallest absolute Gasteiger partial charge is 0.310 e. The van der Waals surface area contributed by atoms with Gasteiger partial charge in [-0.2, -0.15) is 0 Å². The second-order valence-electron chi connectivity index (χ2n) is 9.20. The lowest BCUT2D eigenvalue weighted by atomic mass is 9.98. The lowest BCUT2D eigenvalue weighted by Gasteiger charge is -2.42. The van der Waals surface area contributed by atoms with Crippen molar-refractivity contribution in [3.8, 4) is 0 Å². The highest BCUT2D eigenvalue weighted by Crippen LogP contribution is 2.28. The number of aliphatic hydroxyl groups excluding tert-OH is 2. The number of hydrogen-bond donors (Lipinski definition) is 2. The third-order valence-electron chi connectivity index (χ3n) is 5.50. The normalized spacial score (nSPS) is 26.6. The molecule has 0 aromatic heterocycles. The van der Waals surface area contributed by atoms with Crippen LogP contribution < -0.4 is 0 Å². The van der Waals surface area contributed by atoms with Crippen molar-refractivity contribution < 1.29 is 43.5 Å². The van der Waals surface area contributed by atoms with Crippen LogP contribution in [-0.4, -0.2) is 65.4 Å². The van der Waals surface area contributed by atoms with Gasteiger partial charge in [0.05, 0.1) is 12.5 Å². The van der Waals surface area contributed by atoms with Crippen LogP contribution in [0.2, 0.25) is 0 Å². The Hall–Kier alpha value is -1.71. The standard InChI is InChI=1S/C23H40O9/c1-7-15(6)9-11-18(26)30-20-16(12-24)29-23(32-22(28)14(4)5)19(27)21(20)31-17(25)10-8-13(2)3/h13-16,19-21,23-24,27H,7-12H2,1-6H3. The summed E-state index contributed by atoms with van der Waals surface area (Å²) in [5.74, 6) is -1.65. The first-order valence-electron chi connectivity index (χ1n) is 11.5. The zero-order valence-electron chi connectivity index (χ0n) is 20.1. The Kier molecular flexibility index (Phi) is 12.2. The van der Waals surface area contributed by atoms with Crippen molar-refractivity contribution in [2.45, 2.75) is 104 Å². The second-order valence-corrected chi connectivity index (χ2v) is 9.20. The number of ether oxygens (including phenoxy) is 4. The van der Waals surface area contributed by atoms with E-state index in [1.54, 1.807) is 13.8 Å². The quantitative estimate of drug-likeness (QED) is 0.333. The number of hydrogen-bond acceptors (Lipinski definition) is 9. The van der Waals surface area contributed by atoms with E-state index in [-0.39, 0.29) is 18.8 Å². The fourth-order valence-corrected chi connectivity index (χ4v) is 3.06. The third kappa shape index (κ3) is 9.03. The Balaban J connectivity index is 3.03. The molecule has 9 nitrogen and oxygen atoms in total. The van der Waals surface area contributed by atoms with Gasteiger partial charge in [-0.3, -0.25) is 14.4 Å². The molecule has 0 saturated carbocycles. The van der Waals surface area contributed by atoms with Crippen LogP contribution in [0.3, 0.4) is 0 Å². The van der Waals surface area contributed by atoms with Gasteiger partial charge in [0.15, 0.2) is 18.3 Å². The van der Waals surface area contributed by atoms with Crippen LogP contribution in [0.15, 0.2) is 0 Å². The molecule has 2 N–H and O–H groups in total. The number of carbonyl (C=O) groups excluding carboxylic acids is 3. The molecule has 0 radical (unpaired) electrons. The summed E-state index contributed by atoms with van der Waals surface area (Å²) in [6.07, 6.45) is -4.44. The zero-order valence-corrected chi connectivity index (χ0v) is 20.1. The zero-order chi connectivity index (χ0) is 24.4. The van der Waals surface area contributed by atoms with Crippen molar-refractivity contribution >= 4 is 17.9 Å². The molecule has 186 valence electrons. The Morgan fingerprint density at radius 2 is 1.47 bits per heavy atom. The fraction of sp³-hybridized carbons (Fsp3) is 0.870. The number of rotatable bonds is 12. The lowest BCUT2D eigenvalue weighted by molar-refractivity contribution is -0.298. The molecule has 6 unspecified atom stereocenters. The SMILES string of the molecule is CCC(C)CCC(=O)OC1C(CO)OC(OC(=O)C(C)C)C(O)C1OC(=O)CCC(C)C. The average Bonchev–Trinajstić information content (AvgIpc) is 2.74. The molecule has 6 atom stereocenters. The molecule has 1 rings (SSSR count). The van der Waals surface area contributed by atoms with Crippen LogP contribution in [-0.2, 0) is 33.3 Å². The van der Waals surface area contributed by atoms with Gasteiger partial charge in [0.1, 0.15) is 6.10 Å². The first kappa shape index (κ1) is 28.3. The molecule has 1 aliphatic rings. The van der Waals surface area contributed by atoms with Crippen LogP contribution in [0.4, 0.5) is 0 Å². The van der Waals surface area contributed by atoms with E-state index in [9.17, 15) is 24.6 Å². The van der Waals surface area contributed by atoms with Gasteiger partial charge in [-0.1, -0.05) is 48.0 Å². The van der Waals surface area contributed by atoms with E-state index in [4.69, 9.17) is 18.9 Å². The van der Waals surface area contributed by atoms with Crippen molar-refractivity contribution in [3.63, 3.8) is 0 Å². The van der Waals surface area contributed by atoms with Crippen LogP contribution in [0, 0.1) is 17.8 Å². The van der Waals surface area contributed by atoms with Crippen LogP contribution >= 0.6 is 0 Å². The minimum Gasteiger partial charge on any atom is -0.455 e. The monoisotopic (exact) mass is 460 g/mol. The largest absolute Gasteiger partial charge is 0.455 e. The van der Waals surface area contributed by atoms with Crippen molar-refractivity contribution in [3.05, 3.63) is 0 Å². The summed E-state index contributed by atoms with van der Waals surface area (Å²) in [6.45, 7) is 10.6. The highest BCUT2D eigenvalue weighted by molar-refractivity contribution is 5.72. The highest BCUT2D eigenvalue weighted by atomic mass is 16.7. The minimum absolute atomic E-state index is 0.108. The van der Waals surface area contributed by atoms with Gasteiger partial charge in [-0.05, 0) is 24.7 Å². The van der Waals surface area contributed by atoms with E-state index in [0.29, 0.717) is 18.8 Å². The molecule has 0 aromatic carbocycles. The maximum absolute atomic E-state index is 12.4. The summed E-state index contributed by atoms with van der Waals surface area (Å²) in [5.41, 5.74) is 0. The molecule has 0 bridgehead atoms. The first-order valence-corrected chi connectivity index (χ1v) is 11.5. The van der Waals surface area contributed by atoms with Gasteiger partial charge in [-0.15, -0.1) is 0 Å². The van der Waals surface area contributed by atoms with Crippen molar-refractivity contribution in [1.82, 2.24) is 0 Å². The van der Waals surface area contributed by atoms with Crippen LogP contribution in [0.1, 0.15) is 73.6 Å². The molecule has 1 saturated heterocycles. The van der Waals surface area contributed by atoms with Crippen molar-refractivity contribution in [2.75, 3.05) is 6.61 Å². The van der Waals surface area contributed by atoms with E-state index in [0.717, 1.165) is 6.42 Å². The van der Waals surface area contributed by atoms with E-state index in [1.807, 2.05) is 27.7 Å². The number of aliphatic hydroxyl groups is 2.